The molecule has 3 N–H and O–H groups in total. The number of morpholine rings is 1. The van der Waals surface area contributed by atoms with Crippen molar-refractivity contribution in [3.8, 4) is 0 Å². The highest BCUT2D eigenvalue weighted by Crippen LogP contribution is 2.20. The van der Waals surface area contributed by atoms with Crippen molar-refractivity contribution in [3.63, 3.8) is 0 Å². The van der Waals surface area contributed by atoms with E-state index in [-0.39, 0.29) is 44.9 Å². The normalized spacial score (nSPS) is 24.0. The number of likely N-dealkylation sites (N-methyl/N-ethyl adjacent to an activating group) is 1. The van der Waals surface area contributed by atoms with Gasteiger partial charge in [-0.25, -0.2) is 0 Å². The Hall–Kier alpha value is -4.78. The summed E-state index contributed by atoms with van der Waals surface area (Å²) in [7, 11) is 1.45. The number of carbonyl (C=O) groups is 5. The van der Waals surface area contributed by atoms with Crippen molar-refractivity contribution in [3.05, 3.63) is 65.9 Å². The molecule has 2 saturated heterocycles. The number of nitrogens with one attached hydrogen (secondary N) is 3. The summed E-state index contributed by atoms with van der Waals surface area (Å²) >= 11 is 0. The van der Waals surface area contributed by atoms with Crippen LogP contribution in [0, 0.1) is 0 Å². The molecule has 5 rings (SSSR count). The Kier molecular flexibility index (Phi) is 9.00. The summed E-state index contributed by atoms with van der Waals surface area (Å²) in [4.78, 5) is 68.6. The molecular formula is C30H34N6O7. The number of benzene rings is 2. The summed E-state index contributed by atoms with van der Waals surface area (Å²) < 4.78 is 11.4. The van der Waals surface area contributed by atoms with Crippen LogP contribution in [0.2, 0.25) is 0 Å². The minimum Gasteiger partial charge on any atom is -0.360 e. The first-order valence-corrected chi connectivity index (χ1v) is 14.1. The van der Waals surface area contributed by atoms with E-state index in [0.717, 1.165) is 10.9 Å². The van der Waals surface area contributed by atoms with Gasteiger partial charge in [-0.3, -0.25) is 24.0 Å². The summed E-state index contributed by atoms with van der Waals surface area (Å²) in [6.45, 7) is 1.25. The van der Waals surface area contributed by atoms with Gasteiger partial charge in [0.2, 0.25) is 23.6 Å². The fourth-order valence-corrected chi connectivity index (χ4v) is 5.21. The van der Waals surface area contributed by atoms with Crippen LogP contribution in [0.4, 0.5) is 0 Å². The number of aromatic nitrogens is 1. The third-order valence-corrected chi connectivity index (χ3v) is 7.51. The Morgan fingerprint density at radius 2 is 1.72 bits per heavy atom. The number of hydrogen-bond donors (Lipinski definition) is 3. The molecule has 2 bridgehead atoms. The van der Waals surface area contributed by atoms with Gasteiger partial charge in [-0.05, 0) is 24.6 Å². The maximum atomic E-state index is 13.6. The van der Waals surface area contributed by atoms with E-state index in [0.29, 0.717) is 11.3 Å². The van der Waals surface area contributed by atoms with Crippen LogP contribution in [0.3, 0.4) is 0 Å². The van der Waals surface area contributed by atoms with E-state index in [2.05, 4.69) is 21.1 Å². The van der Waals surface area contributed by atoms with E-state index >= 15 is 0 Å². The van der Waals surface area contributed by atoms with Gasteiger partial charge in [0.05, 0.1) is 25.6 Å². The van der Waals surface area contributed by atoms with Crippen molar-refractivity contribution in [1.82, 2.24) is 30.9 Å². The zero-order chi connectivity index (χ0) is 30.5. The second kappa shape index (κ2) is 13.0. The van der Waals surface area contributed by atoms with Gasteiger partial charge < -0.3 is 35.0 Å². The molecule has 2 aromatic carbocycles. The highest BCUT2D eigenvalue weighted by Gasteiger charge is 2.37. The summed E-state index contributed by atoms with van der Waals surface area (Å²) in [6, 6.07) is 14.5. The average molecular weight is 591 g/mol. The third-order valence-electron chi connectivity index (χ3n) is 7.51. The average Bonchev–Trinajstić information content (AvgIpc) is 3.41. The predicted molar refractivity (Wildman–Crippen MR) is 153 cm³/mol. The summed E-state index contributed by atoms with van der Waals surface area (Å²) in [5.74, 6) is -2.37. The van der Waals surface area contributed by atoms with Gasteiger partial charge in [-0.15, -0.1) is 0 Å². The van der Waals surface area contributed by atoms with Crippen molar-refractivity contribution in [1.29, 1.82) is 0 Å². The van der Waals surface area contributed by atoms with Gasteiger partial charge in [0.15, 0.2) is 11.7 Å². The molecule has 2 aliphatic rings. The molecule has 0 saturated carbocycles. The van der Waals surface area contributed by atoms with Gasteiger partial charge in [0.1, 0.15) is 17.8 Å². The first kappa shape index (κ1) is 29.7. The molecule has 1 aromatic heterocycles. The molecule has 3 heterocycles. The summed E-state index contributed by atoms with van der Waals surface area (Å²) in [5.41, 5.74) is 1.83. The van der Waals surface area contributed by atoms with Crippen LogP contribution in [-0.4, -0.2) is 102 Å². The lowest BCUT2D eigenvalue weighted by molar-refractivity contribution is -0.157. The molecule has 4 atom stereocenters. The van der Waals surface area contributed by atoms with Crippen LogP contribution < -0.4 is 16.0 Å². The van der Waals surface area contributed by atoms with E-state index < -0.39 is 47.9 Å². The van der Waals surface area contributed by atoms with Gasteiger partial charge in [0, 0.05) is 31.9 Å². The third kappa shape index (κ3) is 7.17. The van der Waals surface area contributed by atoms with Gasteiger partial charge in [-0.2, -0.15) is 0 Å². The Balaban J connectivity index is 1.40. The Morgan fingerprint density at radius 1 is 0.977 bits per heavy atom. The fourth-order valence-electron chi connectivity index (χ4n) is 5.21. The van der Waals surface area contributed by atoms with Crippen molar-refractivity contribution < 1.29 is 33.2 Å². The van der Waals surface area contributed by atoms with Gasteiger partial charge in [0.25, 0.3) is 5.91 Å². The van der Waals surface area contributed by atoms with Crippen LogP contribution in [0.15, 0.2) is 59.1 Å². The highest BCUT2D eigenvalue weighted by atomic mass is 16.5. The molecule has 226 valence electrons. The lowest BCUT2D eigenvalue weighted by Crippen LogP contribution is -2.59. The minimum atomic E-state index is -1.12. The monoisotopic (exact) mass is 590 g/mol. The Morgan fingerprint density at radius 3 is 2.51 bits per heavy atom. The van der Waals surface area contributed by atoms with E-state index in [4.69, 9.17) is 9.26 Å². The largest absolute Gasteiger partial charge is 0.360 e. The van der Waals surface area contributed by atoms with Crippen molar-refractivity contribution >= 4 is 40.5 Å². The van der Waals surface area contributed by atoms with Crippen LogP contribution in [-0.2, 0) is 41.6 Å². The molecule has 2 fully saturated rings. The molecule has 0 aliphatic carbocycles. The van der Waals surface area contributed by atoms with E-state index in [9.17, 15) is 24.0 Å². The molecular weight excluding hydrogens is 556 g/mol. The number of hydrogen-bond acceptors (Lipinski definition) is 8. The maximum absolute atomic E-state index is 13.6. The van der Waals surface area contributed by atoms with E-state index in [1.165, 1.54) is 23.8 Å². The molecule has 3 aromatic rings. The molecule has 13 nitrogen and oxygen atoms in total. The molecule has 5 amide bonds. The smallest absolute Gasteiger partial charge is 0.251 e. The molecule has 2 aliphatic heterocycles. The number of carbonyl (C=O) groups excluding carboxylic acids is 5. The minimum absolute atomic E-state index is 0.00816. The van der Waals surface area contributed by atoms with Crippen molar-refractivity contribution in [2.24, 2.45) is 0 Å². The van der Waals surface area contributed by atoms with Gasteiger partial charge in [-0.1, -0.05) is 47.6 Å². The number of nitrogens with zero attached hydrogens (tertiary/aromatic N) is 3. The topological polar surface area (TPSA) is 163 Å². The van der Waals surface area contributed by atoms with Crippen LogP contribution in [0.25, 0.3) is 11.0 Å². The first-order chi connectivity index (χ1) is 20.7. The zero-order valence-corrected chi connectivity index (χ0v) is 23.9. The lowest BCUT2D eigenvalue weighted by Gasteiger charge is -2.38. The fraction of sp³-hybridized carbons (Fsp3) is 0.400. The zero-order valence-electron chi connectivity index (χ0n) is 23.9. The maximum Gasteiger partial charge on any atom is 0.251 e. The molecule has 0 radical (unpaired) electrons. The summed E-state index contributed by atoms with van der Waals surface area (Å²) in [6.07, 6.45) is -1.74. The number of ether oxygens (including phenoxy) is 1. The molecule has 43 heavy (non-hydrogen) atoms. The second-order valence-electron chi connectivity index (χ2n) is 10.8. The number of para-hydroxylation sites is 1. The standard InChI is InChI=1S/C30H34N6O7/c1-18-28(39)31-14-20-15-36(27(38)13-22-21-10-6-7-11-24(21)43-34-22)16-25(42-20)29(40)33-23(12-19-8-4-3-5-9-19)30(41)35(2)17-26(37)32-18/h3-11,18,20,23,25H,12-17H2,1-2H3,(H,31,39)(H,32,37)(H,33,40)/t18-,20+,23-,25-/m1/s1. The first-order valence-electron chi connectivity index (χ1n) is 14.1. The Labute approximate surface area is 247 Å². The predicted octanol–water partition coefficient (Wildman–Crippen LogP) is -0.213. The molecule has 13 heteroatoms. The Bertz CT molecular complexity index is 1510. The second-order valence-corrected chi connectivity index (χ2v) is 10.8. The van der Waals surface area contributed by atoms with Crippen molar-refractivity contribution in [2.45, 2.75) is 44.1 Å². The van der Waals surface area contributed by atoms with Gasteiger partial charge >= 0.3 is 0 Å². The van der Waals surface area contributed by atoms with E-state index in [1.54, 1.807) is 6.07 Å². The van der Waals surface area contributed by atoms with E-state index in [1.807, 2.05) is 48.5 Å². The number of amides is 5. The van der Waals surface area contributed by atoms with Crippen LogP contribution >= 0.6 is 0 Å². The highest BCUT2D eigenvalue weighted by molar-refractivity contribution is 5.93. The molecule has 0 spiro atoms. The lowest BCUT2D eigenvalue weighted by atomic mass is 10.0. The molecule has 0 unspecified atom stereocenters. The van der Waals surface area contributed by atoms with Crippen LogP contribution in [0.1, 0.15) is 18.2 Å². The summed E-state index contributed by atoms with van der Waals surface area (Å²) in [5, 5.41) is 12.9. The SMILES string of the molecule is C[C@H]1NC(=O)CN(C)C(=O)[C@@H](Cc2ccccc2)NC(=O)[C@H]2CN(C(=O)Cc3noc4ccccc34)C[C@H](CNC1=O)O2. The number of rotatable bonds is 4. The number of fused-ring (bicyclic) bond motifs is 3. The van der Waals surface area contributed by atoms with Crippen LogP contribution in [0.5, 0.6) is 0 Å². The quantitative estimate of drug-likeness (QED) is 0.376. The van der Waals surface area contributed by atoms with Crippen molar-refractivity contribution in [2.75, 3.05) is 33.2 Å².